The van der Waals surface area contributed by atoms with Gasteiger partial charge >= 0.3 is 0 Å². The lowest BCUT2D eigenvalue weighted by molar-refractivity contribution is -0.145. The molecule has 7 unspecified atom stereocenters. The molecule has 4 saturated carbocycles. The Kier molecular flexibility index (Phi) is 6.87. The predicted molar refractivity (Wildman–Crippen MR) is 124 cm³/mol. The molecule has 7 atom stereocenters. The summed E-state index contributed by atoms with van der Waals surface area (Å²) in [6, 6.07) is 0. The lowest BCUT2D eigenvalue weighted by Crippen LogP contribution is -2.54. The van der Waals surface area contributed by atoms with Crippen LogP contribution in [0.15, 0.2) is 17.3 Å². The maximum absolute atomic E-state index is 12.6. The SMILES string of the molecule is CC=NC=CCCCCOC1CCC2(C)C(CCC3C4CCC(=O)C4(C)CCC32)C1. The Morgan fingerprint density at radius 2 is 1.93 bits per heavy atom. The molecule has 4 rings (SSSR count). The number of nitrogens with zero attached hydrogens (tertiary/aromatic N) is 1. The minimum absolute atomic E-state index is 0.0166. The number of carbonyl (C=O) groups excluding carboxylic acids is 1. The third-order valence-electron chi connectivity index (χ3n) is 9.79. The van der Waals surface area contributed by atoms with Crippen LogP contribution < -0.4 is 0 Å². The maximum atomic E-state index is 12.6. The summed E-state index contributed by atoms with van der Waals surface area (Å²) in [5, 5.41) is 0. The van der Waals surface area contributed by atoms with Crippen molar-refractivity contribution in [3.63, 3.8) is 0 Å². The van der Waals surface area contributed by atoms with Crippen molar-refractivity contribution in [3.8, 4) is 0 Å². The quantitative estimate of drug-likeness (QED) is 0.342. The zero-order valence-electron chi connectivity index (χ0n) is 19.6. The Morgan fingerprint density at radius 1 is 1.07 bits per heavy atom. The molecule has 0 heterocycles. The molecule has 0 bridgehead atoms. The molecule has 0 saturated heterocycles. The first-order valence-electron chi connectivity index (χ1n) is 12.8. The Bertz CT molecular complexity index is 670. The van der Waals surface area contributed by atoms with Crippen LogP contribution in [0.4, 0.5) is 0 Å². The molecular weight excluding hydrogens is 370 g/mol. The highest BCUT2D eigenvalue weighted by Crippen LogP contribution is 2.65. The van der Waals surface area contributed by atoms with E-state index in [1.165, 1.54) is 51.4 Å². The van der Waals surface area contributed by atoms with Crippen LogP contribution in [-0.4, -0.2) is 24.7 Å². The topological polar surface area (TPSA) is 38.7 Å². The number of unbranched alkanes of at least 4 members (excludes halogenated alkanes) is 2. The van der Waals surface area contributed by atoms with E-state index in [4.69, 9.17) is 4.74 Å². The first-order valence-corrected chi connectivity index (χ1v) is 12.8. The second kappa shape index (κ2) is 9.27. The maximum Gasteiger partial charge on any atom is 0.139 e. The van der Waals surface area contributed by atoms with Gasteiger partial charge in [-0.2, -0.15) is 0 Å². The third-order valence-corrected chi connectivity index (χ3v) is 9.79. The zero-order chi connectivity index (χ0) is 21.2. The van der Waals surface area contributed by atoms with E-state index in [1.54, 1.807) is 0 Å². The molecule has 3 nitrogen and oxygen atoms in total. The first-order chi connectivity index (χ1) is 14.5. The normalized spacial score (nSPS) is 43.7. The van der Waals surface area contributed by atoms with Crippen molar-refractivity contribution in [3.05, 3.63) is 12.3 Å². The number of ketones is 1. The van der Waals surface area contributed by atoms with Crippen LogP contribution in [0, 0.1) is 34.5 Å². The van der Waals surface area contributed by atoms with Gasteiger partial charge in [0.15, 0.2) is 0 Å². The van der Waals surface area contributed by atoms with Crippen molar-refractivity contribution < 1.29 is 9.53 Å². The summed E-state index contributed by atoms with van der Waals surface area (Å²) in [6.07, 6.45) is 20.8. The van der Waals surface area contributed by atoms with Crippen LogP contribution in [0.1, 0.15) is 97.8 Å². The van der Waals surface area contributed by atoms with Gasteiger partial charge in [-0.15, -0.1) is 0 Å². The molecule has 4 aliphatic rings. The number of fused-ring (bicyclic) bond motifs is 5. The van der Waals surface area contributed by atoms with Crippen molar-refractivity contribution >= 4 is 12.0 Å². The highest BCUT2D eigenvalue weighted by atomic mass is 16.5. The first kappa shape index (κ1) is 22.2. The Balaban J connectivity index is 1.27. The lowest BCUT2D eigenvalue weighted by Gasteiger charge is -2.60. The summed E-state index contributed by atoms with van der Waals surface area (Å²) in [4.78, 5) is 16.7. The standard InChI is InChI=1S/C27H43NO2/c1-4-28-17-7-5-6-8-18-30-21-13-15-26(2)20(19-21)9-10-22-23-11-12-25(29)27(23,3)16-14-24(22)26/h4,7,17,20-24H,5-6,8-16,18-19H2,1-3H3. The van der Waals surface area contributed by atoms with Crippen molar-refractivity contribution in [2.24, 2.45) is 39.5 Å². The summed E-state index contributed by atoms with van der Waals surface area (Å²) in [7, 11) is 0. The van der Waals surface area contributed by atoms with E-state index in [-0.39, 0.29) is 5.41 Å². The fourth-order valence-electron chi connectivity index (χ4n) is 7.98. The van der Waals surface area contributed by atoms with E-state index in [2.05, 4.69) is 24.9 Å². The van der Waals surface area contributed by atoms with E-state index < -0.39 is 0 Å². The molecule has 4 fully saturated rings. The molecule has 30 heavy (non-hydrogen) atoms. The molecule has 0 aromatic carbocycles. The average Bonchev–Trinajstić information content (AvgIpc) is 3.05. The zero-order valence-corrected chi connectivity index (χ0v) is 19.6. The van der Waals surface area contributed by atoms with Crippen LogP contribution in [0.25, 0.3) is 0 Å². The van der Waals surface area contributed by atoms with Gasteiger partial charge in [-0.1, -0.05) is 19.9 Å². The molecule has 0 aliphatic heterocycles. The number of hydrogen-bond acceptors (Lipinski definition) is 3. The smallest absolute Gasteiger partial charge is 0.139 e. The number of Topliss-reactive ketones (excluding diaryl/α,β-unsaturated/α-hetero) is 1. The number of rotatable bonds is 7. The van der Waals surface area contributed by atoms with E-state index in [0.29, 0.717) is 23.2 Å². The van der Waals surface area contributed by atoms with Gasteiger partial charge < -0.3 is 4.74 Å². The summed E-state index contributed by atoms with van der Waals surface area (Å²) in [5.41, 5.74) is 0.503. The van der Waals surface area contributed by atoms with Crippen LogP contribution >= 0.6 is 0 Å². The van der Waals surface area contributed by atoms with Crippen molar-refractivity contribution in [2.45, 2.75) is 104 Å². The minimum atomic E-state index is 0.0166. The number of aliphatic imine (C=N–C) groups is 1. The summed E-state index contributed by atoms with van der Waals surface area (Å²) in [6.45, 7) is 7.76. The number of allylic oxidation sites excluding steroid dienone is 1. The Labute approximate surface area is 184 Å². The van der Waals surface area contributed by atoms with Gasteiger partial charge in [0.2, 0.25) is 0 Å². The molecule has 0 radical (unpaired) electrons. The van der Waals surface area contributed by atoms with Crippen molar-refractivity contribution in [1.29, 1.82) is 0 Å². The molecule has 0 spiro atoms. The number of carbonyl (C=O) groups is 1. The summed E-state index contributed by atoms with van der Waals surface area (Å²) >= 11 is 0. The van der Waals surface area contributed by atoms with Crippen molar-refractivity contribution in [2.75, 3.05) is 6.61 Å². The molecule has 0 N–H and O–H groups in total. The minimum Gasteiger partial charge on any atom is -0.378 e. The molecule has 4 aliphatic carbocycles. The largest absolute Gasteiger partial charge is 0.378 e. The van der Waals surface area contributed by atoms with Gasteiger partial charge in [-0.3, -0.25) is 9.79 Å². The molecule has 168 valence electrons. The van der Waals surface area contributed by atoms with E-state index >= 15 is 0 Å². The van der Waals surface area contributed by atoms with E-state index in [9.17, 15) is 4.79 Å². The highest BCUT2D eigenvalue weighted by Gasteiger charge is 2.60. The second-order valence-electron chi connectivity index (χ2n) is 11.1. The van der Waals surface area contributed by atoms with Gasteiger partial charge in [-0.05, 0) is 107 Å². The summed E-state index contributed by atoms with van der Waals surface area (Å²) in [5.74, 6) is 3.73. The molecule has 0 aromatic heterocycles. The van der Waals surface area contributed by atoms with Gasteiger partial charge in [-0.25, -0.2) is 0 Å². The highest BCUT2D eigenvalue weighted by molar-refractivity contribution is 5.87. The molecule has 0 aromatic rings. The lowest BCUT2D eigenvalue weighted by atomic mass is 9.45. The molecular formula is C27H43NO2. The van der Waals surface area contributed by atoms with Gasteiger partial charge in [0.25, 0.3) is 0 Å². The van der Waals surface area contributed by atoms with Gasteiger partial charge in [0.05, 0.1) is 6.10 Å². The van der Waals surface area contributed by atoms with Gasteiger partial charge in [0, 0.05) is 30.9 Å². The van der Waals surface area contributed by atoms with E-state index in [1.807, 2.05) is 19.3 Å². The molecule has 0 amide bonds. The summed E-state index contributed by atoms with van der Waals surface area (Å²) < 4.78 is 6.34. The number of hydrogen-bond donors (Lipinski definition) is 0. The molecule has 3 heteroatoms. The predicted octanol–water partition coefficient (Wildman–Crippen LogP) is 6.76. The number of ether oxygens (including phenoxy) is 1. The fraction of sp³-hybridized carbons (Fsp3) is 0.852. The Hall–Kier alpha value is -0.960. The monoisotopic (exact) mass is 413 g/mol. The fourth-order valence-corrected chi connectivity index (χ4v) is 7.98. The Morgan fingerprint density at radius 3 is 2.77 bits per heavy atom. The average molecular weight is 414 g/mol. The van der Waals surface area contributed by atoms with Crippen LogP contribution in [-0.2, 0) is 9.53 Å². The van der Waals surface area contributed by atoms with E-state index in [0.717, 1.165) is 50.0 Å². The third kappa shape index (κ3) is 4.08. The van der Waals surface area contributed by atoms with Crippen molar-refractivity contribution in [1.82, 2.24) is 0 Å². The van der Waals surface area contributed by atoms with Crippen LogP contribution in [0.2, 0.25) is 0 Å². The van der Waals surface area contributed by atoms with Crippen LogP contribution in [0.3, 0.4) is 0 Å². The van der Waals surface area contributed by atoms with Gasteiger partial charge in [0.1, 0.15) is 5.78 Å². The van der Waals surface area contributed by atoms with Crippen LogP contribution in [0.5, 0.6) is 0 Å². The second-order valence-corrected chi connectivity index (χ2v) is 11.1.